The van der Waals surface area contributed by atoms with Gasteiger partial charge in [0, 0.05) is 23.5 Å². The van der Waals surface area contributed by atoms with Gasteiger partial charge in [-0.1, -0.05) is 48.8 Å². The van der Waals surface area contributed by atoms with Crippen molar-refractivity contribution >= 4 is 57.6 Å². The summed E-state index contributed by atoms with van der Waals surface area (Å²) in [5.74, 6) is 0.0355. The molecule has 144 valence electrons. The first-order valence-electron chi connectivity index (χ1n) is 9.17. The van der Waals surface area contributed by atoms with Crippen molar-refractivity contribution < 1.29 is 4.79 Å². The van der Waals surface area contributed by atoms with Crippen LogP contribution in [0.1, 0.15) is 19.8 Å². The fourth-order valence-electron chi connectivity index (χ4n) is 3.06. The number of rotatable bonds is 4. The zero-order valence-corrected chi connectivity index (χ0v) is 18.1. The summed E-state index contributed by atoms with van der Waals surface area (Å²) < 4.78 is 0. The summed E-state index contributed by atoms with van der Waals surface area (Å²) in [4.78, 5) is 23.8. The van der Waals surface area contributed by atoms with Crippen molar-refractivity contribution in [3.8, 4) is 0 Å². The molecule has 0 spiro atoms. The minimum absolute atomic E-state index is 0.0355. The van der Waals surface area contributed by atoms with E-state index in [4.69, 9.17) is 16.6 Å². The van der Waals surface area contributed by atoms with Crippen LogP contribution in [0.4, 0.5) is 11.4 Å². The molecule has 1 amide bonds. The Balaban J connectivity index is 1.71. The van der Waals surface area contributed by atoms with Crippen LogP contribution in [-0.4, -0.2) is 29.6 Å². The fraction of sp³-hybridized carbons (Fsp3) is 0.238. The molecule has 0 N–H and O–H groups in total. The number of amidine groups is 1. The average molecular weight is 430 g/mol. The molecule has 1 saturated heterocycles. The molecule has 2 heterocycles. The number of fused-ring (bicyclic) bond motifs is 1. The second-order valence-electron chi connectivity index (χ2n) is 6.55. The Morgan fingerprint density at radius 2 is 1.82 bits per heavy atom. The van der Waals surface area contributed by atoms with Gasteiger partial charge in [-0.2, -0.15) is 0 Å². The van der Waals surface area contributed by atoms with Gasteiger partial charge in [0.2, 0.25) is 0 Å². The molecular formula is C21H20ClN3OS2. The SMILES string of the molecule is CCCCN1C(=O)/C(=C2/Sc3ccccc3N2C)SC1=Nc1ccc(Cl)cc1. The maximum atomic E-state index is 13.3. The summed E-state index contributed by atoms with van der Waals surface area (Å²) in [5.41, 5.74) is 1.93. The Morgan fingerprint density at radius 3 is 2.54 bits per heavy atom. The van der Waals surface area contributed by atoms with E-state index >= 15 is 0 Å². The minimum Gasteiger partial charge on any atom is -0.337 e. The first-order valence-corrected chi connectivity index (χ1v) is 11.2. The van der Waals surface area contributed by atoms with E-state index in [1.807, 2.05) is 48.3 Å². The Labute approximate surface area is 178 Å². The number of benzene rings is 2. The fourth-order valence-corrected chi connectivity index (χ4v) is 5.55. The number of hydrogen-bond acceptors (Lipinski definition) is 5. The van der Waals surface area contributed by atoms with Crippen LogP contribution in [0.25, 0.3) is 0 Å². The molecule has 0 saturated carbocycles. The number of para-hydroxylation sites is 1. The molecule has 0 radical (unpaired) electrons. The Morgan fingerprint density at radius 1 is 1.07 bits per heavy atom. The standard InChI is InChI=1S/C21H20ClN3OS2/c1-3-4-13-25-19(26)18(20-24(2)16-7-5-6-8-17(16)27-20)28-21(25)23-15-11-9-14(22)10-12-15/h5-12H,3-4,13H2,1-2H3/b20-18-,23-21?. The zero-order valence-electron chi connectivity index (χ0n) is 15.7. The van der Waals surface area contributed by atoms with Gasteiger partial charge in [-0.05, 0) is 54.6 Å². The van der Waals surface area contributed by atoms with Gasteiger partial charge in [-0.15, -0.1) is 0 Å². The molecule has 0 aliphatic carbocycles. The highest BCUT2D eigenvalue weighted by molar-refractivity contribution is 8.19. The van der Waals surface area contributed by atoms with E-state index in [1.54, 1.807) is 11.8 Å². The lowest BCUT2D eigenvalue weighted by molar-refractivity contribution is -0.122. The molecule has 7 heteroatoms. The predicted octanol–water partition coefficient (Wildman–Crippen LogP) is 6.11. The van der Waals surface area contributed by atoms with Crippen molar-refractivity contribution in [1.29, 1.82) is 0 Å². The largest absolute Gasteiger partial charge is 0.337 e. The molecule has 2 aromatic rings. The van der Waals surface area contributed by atoms with Crippen LogP contribution in [0.2, 0.25) is 5.02 Å². The Hall–Kier alpha value is -1.89. The number of nitrogens with zero attached hydrogens (tertiary/aromatic N) is 3. The third-order valence-electron chi connectivity index (χ3n) is 4.58. The number of carbonyl (C=O) groups excluding carboxylic acids is 1. The summed E-state index contributed by atoms with van der Waals surface area (Å²) in [7, 11) is 2.01. The Bertz CT molecular complexity index is 972. The number of halogens is 1. The topological polar surface area (TPSA) is 35.9 Å². The van der Waals surface area contributed by atoms with Gasteiger partial charge in [-0.3, -0.25) is 9.69 Å². The molecule has 0 unspecified atom stereocenters. The molecule has 1 fully saturated rings. The molecule has 28 heavy (non-hydrogen) atoms. The molecular weight excluding hydrogens is 410 g/mol. The molecule has 0 aromatic heterocycles. The van der Waals surface area contributed by atoms with Gasteiger partial charge in [0.15, 0.2) is 5.17 Å². The lowest BCUT2D eigenvalue weighted by Gasteiger charge is -2.16. The second-order valence-corrected chi connectivity index (χ2v) is 8.99. The van der Waals surface area contributed by atoms with E-state index in [-0.39, 0.29) is 5.91 Å². The Kier molecular flexibility index (Phi) is 5.71. The van der Waals surface area contributed by atoms with Gasteiger partial charge in [0.1, 0.15) is 4.91 Å². The monoisotopic (exact) mass is 429 g/mol. The number of carbonyl (C=O) groups is 1. The third-order valence-corrected chi connectivity index (χ3v) is 7.27. The number of aliphatic imine (C=N–C) groups is 1. The van der Waals surface area contributed by atoms with E-state index < -0.39 is 0 Å². The third kappa shape index (κ3) is 3.69. The summed E-state index contributed by atoms with van der Waals surface area (Å²) >= 11 is 9.09. The zero-order chi connectivity index (χ0) is 19.7. The first-order chi connectivity index (χ1) is 13.6. The normalized spacial score (nSPS) is 20.4. The molecule has 0 atom stereocenters. The quantitative estimate of drug-likeness (QED) is 0.549. The maximum Gasteiger partial charge on any atom is 0.269 e. The van der Waals surface area contributed by atoms with E-state index in [2.05, 4.69) is 24.0 Å². The summed E-state index contributed by atoms with van der Waals surface area (Å²) in [5, 5.41) is 2.37. The van der Waals surface area contributed by atoms with Crippen LogP contribution >= 0.6 is 35.1 Å². The molecule has 2 aliphatic rings. The van der Waals surface area contributed by atoms with Crippen LogP contribution < -0.4 is 4.90 Å². The average Bonchev–Trinajstić information content (AvgIpc) is 3.19. The van der Waals surface area contributed by atoms with Crippen molar-refractivity contribution in [1.82, 2.24) is 4.90 Å². The lowest BCUT2D eigenvalue weighted by Crippen LogP contribution is -2.30. The minimum atomic E-state index is 0.0355. The van der Waals surface area contributed by atoms with Gasteiger partial charge in [-0.25, -0.2) is 4.99 Å². The van der Waals surface area contributed by atoms with E-state index in [9.17, 15) is 4.79 Å². The van der Waals surface area contributed by atoms with Crippen LogP contribution in [0.3, 0.4) is 0 Å². The number of unbranched alkanes of at least 4 members (excludes halogenated alkanes) is 1. The van der Waals surface area contributed by atoms with Crippen LogP contribution in [0.15, 0.2) is 68.4 Å². The molecule has 4 nitrogen and oxygen atoms in total. The van der Waals surface area contributed by atoms with Gasteiger partial charge in [0.05, 0.1) is 16.4 Å². The molecule has 2 aliphatic heterocycles. The summed E-state index contributed by atoms with van der Waals surface area (Å²) in [6.07, 6.45) is 1.96. The van der Waals surface area contributed by atoms with Crippen molar-refractivity contribution in [3.05, 3.63) is 63.5 Å². The molecule has 2 aromatic carbocycles. The number of anilines is 1. The summed E-state index contributed by atoms with van der Waals surface area (Å²) in [6.45, 7) is 2.80. The van der Waals surface area contributed by atoms with E-state index in [0.29, 0.717) is 11.6 Å². The number of thioether (sulfide) groups is 2. The lowest BCUT2D eigenvalue weighted by atomic mass is 10.3. The van der Waals surface area contributed by atoms with Gasteiger partial charge >= 0.3 is 0 Å². The van der Waals surface area contributed by atoms with Crippen molar-refractivity contribution in [3.63, 3.8) is 0 Å². The predicted molar refractivity (Wildman–Crippen MR) is 120 cm³/mol. The van der Waals surface area contributed by atoms with Gasteiger partial charge in [0.25, 0.3) is 5.91 Å². The van der Waals surface area contributed by atoms with Gasteiger partial charge < -0.3 is 4.90 Å². The summed E-state index contributed by atoms with van der Waals surface area (Å²) in [6, 6.07) is 15.6. The van der Waals surface area contributed by atoms with E-state index in [1.165, 1.54) is 16.7 Å². The van der Waals surface area contributed by atoms with Crippen LogP contribution in [0, 0.1) is 0 Å². The van der Waals surface area contributed by atoms with Crippen molar-refractivity contribution in [2.45, 2.75) is 24.7 Å². The second kappa shape index (κ2) is 8.23. The number of amides is 1. The first kappa shape index (κ1) is 19.4. The molecule has 0 bridgehead atoms. The maximum absolute atomic E-state index is 13.3. The van der Waals surface area contributed by atoms with E-state index in [0.717, 1.165) is 39.3 Å². The van der Waals surface area contributed by atoms with Crippen molar-refractivity contribution in [2.75, 3.05) is 18.5 Å². The highest BCUT2D eigenvalue weighted by Crippen LogP contribution is 2.50. The van der Waals surface area contributed by atoms with Crippen molar-refractivity contribution in [2.24, 2.45) is 4.99 Å². The number of hydrogen-bond donors (Lipinski definition) is 0. The van der Waals surface area contributed by atoms with Crippen LogP contribution in [-0.2, 0) is 4.79 Å². The molecule has 4 rings (SSSR count). The highest BCUT2D eigenvalue weighted by Gasteiger charge is 2.38. The van der Waals surface area contributed by atoms with Crippen LogP contribution in [0.5, 0.6) is 0 Å². The highest BCUT2D eigenvalue weighted by atomic mass is 35.5. The smallest absolute Gasteiger partial charge is 0.269 e.